The number of hydrogen-bond acceptors (Lipinski definition) is 4. The average molecular weight is 280 g/mol. The van der Waals surface area contributed by atoms with Crippen molar-refractivity contribution in [3.8, 4) is 0 Å². The van der Waals surface area contributed by atoms with Crippen molar-refractivity contribution in [3.05, 3.63) is 23.2 Å². The van der Waals surface area contributed by atoms with Crippen LogP contribution in [-0.2, 0) is 17.8 Å². The summed E-state index contributed by atoms with van der Waals surface area (Å²) in [6.07, 6.45) is 2.94. The predicted molar refractivity (Wildman–Crippen MR) is 80.7 cm³/mol. The van der Waals surface area contributed by atoms with Gasteiger partial charge in [0.2, 0.25) is 0 Å². The topological polar surface area (TPSA) is 37.6 Å². The van der Waals surface area contributed by atoms with Gasteiger partial charge in [-0.15, -0.1) is 0 Å². The van der Waals surface area contributed by atoms with E-state index in [-0.39, 0.29) is 0 Å². The second-order valence-corrected chi connectivity index (χ2v) is 6.11. The first-order valence-corrected chi connectivity index (χ1v) is 7.66. The largest absolute Gasteiger partial charge is 0.465 e. The molecular formula is C16H28N2O2. The fraction of sp³-hybridized carbons (Fsp3) is 0.750. The van der Waals surface area contributed by atoms with Gasteiger partial charge in [0, 0.05) is 24.7 Å². The summed E-state index contributed by atoms with van der Waals surface area (Å²) in [6, 6.07) is 2.92. The van der Waals surface area contributed by atoms with Crippen molar-refractivity contribution in [3.63, 3.8) is 0 Å². The van der Waals surface area contributed by atoms with Gasteiger partial charge in [-0.05, 0) is 46.7 Å². The van der Waals surface area contributed by atoms with Gasteiger partial charge in [-0.25, -0.2) is 0 Å². The summed E-state index contributed by atoms with van der Waals surface area (Å²) in [5.74, 6) is 2.09. The third kappa shape index (κ3) is 5.27. The number of aryl methyl sites for hydroxylation is 1. The van der Waals surface area contributed by atoms with Gasteiger partial charge in [0.25, 0.3) is 0 Å². The molecule has 20 heavy (non-hydrogen) atoms. The van der Waals surface area contributed by atoms with Crippen molar-refractivity contribution >= 4 is 0 Å². The molecule has 0 radical (unpaired) electrons. The summed E-state index contributed by atoms with van der Waals surface area (Å²) in [5.41, 5.74) is 1.29. The number of rotatable bonds is 9. The summed E-state index contributed by atoms with van der Waals surface area (Å²) in [5, 5.41) is 3.53. The van der Waals surface area contributed by atoms with Crippen LogP contribution in [0.4, 0.5) is 0 Å². The van der Waals surface area contributed by atoms with Crippen molar-refractivity contribution in [1.29, 1.82) is 0 Å². The molecule has 1 N–H and O–H groups in total. The lowest BCUT2D eigenvalue weighted by Gasteiger charge is -2.16. The van der Waals surface area contributed by atoms with Crippen LogP contribution in [0.3, 0.4) is 0 Å². The Morgan fingerprint density at radius 1 is 1.45 bits per heavy atom. The van der Waals surface area contributed by atoms with Crippen molar-refractivity contribution in [2.24, 2.45) is 0 Å². The molecule has 0 unspecified atom stereocenters. The minimum Gasteiger partial charge on any atom is -0.465 e. The molecule has 1 fully saturated rings. The number of nitrogens with zero attached hydrogens (tertiary/aromatic N) is 1. The summed E-state index contributed by atoms with van der Waals surface area (Å²) >= 11 is 0. The summed E-state index contributed by atoms with van der Waals surface area (Å²) in [4.78, 5) is 2.23. The Morgan fingerprint density at radius 3 is 2.85 bits per heavy atom. The highest BCUT2D eigenvalue weighted by molar-refractivity contribution is 5.21. The lowest BCUT2D eigenvalue weighted by molar-refractivity contribution is 0.0616. The Morgan fingerprint density at radius 2 is 2.20 bits per heavy atom. The van der Waals surface area contributed by atoms with Crippen LogP contribution in [0.5, 0.6) is 0 Å². The second kappa shape index (κ2) is 7.25. The van der Waals surface area contributed by atoms with Gasteiger partial charge in [0.15, 0.2) is 0 Å². The van der Waals surface area contributed by atoms with Crippen molar-refractivity contribution in [2.45, 2.75) is 58.8 Å². The zero-order valence-corrected chi connectivity index (χ0v) is 13.2. The van der Waals surface area contributed by atoms with Gasteiger partial charge >= 0.3 is 0 Å². The number of hydrogen-bond donors (Lipinski definition) is 1. The molecule has 4 heteroatoms. The number of nitrogens with one attached hydrogen (secondary N) is 1. The molecule has 0 aromatic carbocycles. The molecule has 0 atom stereocenters. The molecule has 0 spiro atoms. The molecule has 1 aromatic rings. The van der Waals surface area contributed by atoms with E-state index in [0.29, 0.717) is 6.10 Å². The van der Waals surface area contributed by atoms with E-state index in [0.717, 1.165) is 43.8 Å². The highest BCUT2D eigenvalue weighted by atomic mass is 16.5. The highest BCUT2D eigenvalue weighted by Crippen LogP contribution is 2.21. The first-order chi connectivity index (χ1) is 9.54. The number of likely N-dealkylation sites (N-methyl/N-ethyl adjacent to an activating group) is 1. The van der Waals surface area contributed by atoms with Crippen LogP contribution in [0.25, 0.3) is 0 Å². The Hall–Kier alpha value is -0.840. The fourth-order valence-electron chi connectivity index (χ4n) is 2.17. The molecule has 1 aliphatic carbocycles. The average Bonchev–Trinajstić information content (AvgIpc) is 3.11. The minimum atomic E-state index is 0.300. The molecule has 114 valence electrons. The van der Waals surface area contributed by atoms with E-state index in [1.165, 1.54) is 18.4 Å². The Labute approximate surface area is 122 Å². The van der Waals surface area contributed by atoms with E-state index < -0.39 is 0 Å². The van der Waals surface area contributed by atoms with Crippen LogP contribution in [0, 0.1) is 6.92 Å². The van der Waals surface area contributed by atoms with Gasteiger partial charge in [-0.3, -0.25) is 4.90 Å². The molecule has 1 heterocycles. The Bertz CT molecular complexity index is 411. The van der Waals surface area contributed by atoms with E-state index in [4.69, 9.17) is 9.15 Å². The monoisotopic (exact) mass is 280 g/mol. The molecule has 2 rings (SSSR count). The predicted octanol–water partition coefficient (Wildman–Crippen LogP) is 2.70. The molecule has 0 saturated heterocycles. The van der Waals surface area contributed by atoms with Gasteiger partial charge in [0.05, 0.1) is 19.3 Å². The van der Waals surface area contributed by atoms with Crippen LogP contribution in [0.2, 0.25) is 0 Å². The molecule has 1 aromatic heterocycles. The summed E-state index contributed by atoms with van der Waals surface area (Å²) in [6.45, 7) is 9.64. The first kappa shape index (κ1) is 15.5. The van der Waals surface area contributed by atoms with Crippen LogP contribution in [-0.4, -0.2) is 37.2 Å². The summed E-state index contributed by atoms with van der Waals surface area (Å²) < 4.78 is 11.4. The van der Waals surface area contributed by atoms with Gasteiger partial charge in [-0.2, -0.15) is 0 Å². The molecule has 0 aliphatic heterocycles. The van der Waals surface area contributed by atoms with Crippen LogP contribution < -0.4 is 5.32 Å². The zero-order valence-electron chi connectivity index (χ0n) is 13.2. The third-order valence-electron chi connectivity index (χ3n) is 3.58. The van der Waals surface area contributed by atoms with Gasteiger partial charge in [0.1, 0.15) is 11.5 Å². The van der Waals surface area contributed by atoms with Crippen molar-refractivity contribution in [1.82, 2.24) is 10.2 Å². The van der Waals surface area contributed by atoms with Crippen LogP contribution in [0.1, 0.15) is 43.8 Å². The van der Waals surface area contributed by atoms with Crippen LogP contribution in [0.15, 0.2) is 10.5 Å². The molecule has 1 aliphatic rings. The summed E-state index contributed by atoms with van der Waals surface area (Å²) in [7, 11) is 2.10. The van der Waals surface area contributed by atoms with E-state index in [1.54, 1.807) is 0 Å². The third-order valence-corrected chi connectivity index (χ3v) is 3.58. The van der Waals surface area contributed by atoms with Crippen molar-refractivity contribution < 1.29 is 9.15 Å². The van der Waals surface area contributed by atoms with Crippen LogP contribution >= 0.6 is 0 Å². The maximum Gasteiger partial charge on any atom is 0.118 e. The lowest BCUT2D eigenvalue weighted by atomic mass is 10.2. The molecule has 4 nitrogen and oxygen atoms in total. The highest BCUT2D eigenvalue weighted by Gasteiger charge is 2.21. The fourth-order valence-corrected chi connectivity index (χ4v) is 2.17. The van der Waals surface area contributed by atoms with Crippen molar-refractivity contribution in [2.75, 3.05) is 20.2 Å². The second-order valence-electron chi connectivity index (χ2n) is 6.11. The Balaban J connectivity index is 1.75. The quantitative estimate of drug-likeness (QED) is 0.755. The normalized spacial score (nSPS) is 15.5. The zero-order chi connectivity index (χ0) is 14.5. The minimum absolute atomic E-state index is 0.300. The molecule has 1 saturated carbocycles. The SMILES string of the molecule is Cc1oc(CN(C)CCOC(C)C)cc1CNC1CC1. The lowest BCUT2D eigenvalue weighted by Crippen LogP contribution is -2.23. The Kier molecular flexibility index (Phi) is 5.64. The molecular weight excluding hydrogens is 252 g/mol. The van der Waals surface area contributed by atoms with Gasteiger partial charge < -0.3 is 14.5 Å². The van der Waals surface area contributed by atoms with E-state index in [9.17, 15) is 0 Å². The van der Waals surface area contributed by atoms with E-state index in [1.807, 2.05) is 0 Å². The first-order valence-electron chi connectivity index (χ1n) is 7.66. The van der Waals surface area contributed by atoms with Gasteiger partial charge in [-0.1, -0.05) is 0 Å². The van der Waals surface area contributed by atoms with E-state index >= 15 is 0 Å². The number of furan rings is 1. The van der Waals surface area contributed by atoms with E-state index in [2.05, 4.69) is 44.1 Å². The maximum atomic E-state index is 5.84. The smallest absolute Gasteiger partial charge is 0.118 e. The standard InChI is InChI=1S/C16H28N2O2/c1-12(2)19-8-7-18(4)11-16-9-14(13(3)20-16)10-17-15-5-6-15/h9,12,15,17H,5-8,10-11H2,1-4H3. The number of ether oxygens (including phenoxy) is 1. The maximum absolute atomic E-state index is 5.84. The molecule has 0 amide bonds. The molecule has 0 bridgehead atoms.